The summed E-state index contributed by atoms with van der Waals surface area (Å²) in [5, 5.41) is 7.51. The summed E-state index contributed by atoms with van der Waals surface area (Å²) in [7, 11) is 0. The number of aromatic amines is 1. The van der Waals surface area contributed by atoms with Crippen LogP contribution in [0.25, 0.3) is 11.0 Å². The van der Waals surface area contributed by atoms with Gasteiger partial charge in [-0.1, -0.05) is 0 Å². The molecule has 5 nitrogen and oxygen atoms in total. The van der Waals surface area contributed by atoms with E-state index in [1.807, 2.05) is 6.07 Å². The molecule has 0 atom stereocenters. The van der Waals surface area contributed by atoms with Crippen molar-refractivity contribution in [2.45, 2.75) is 6.42 Å². The highest BCUT2D eigenvalue weighted by Crippen LogP contribution is 2.12. The minimum atomic E-state index is -0.380. The number of hydrogen-bond donors (Lipinski definition) is 2. The lowest BCUT2D eigenvalue weighted by Crippen LogP contribution is -2.13. The van der Waals surface area contributed by atoms with Crippen LogP contribution in [0, 0.1) is 0 Å². The summed E-state index contributed by atoms with van der Waals surface area (Å²) in [6.45, 7) is 0. The number of nitrogens with two attached hydrogens (primary N) is 1. The molecule has 2 rings (SSSR count). The van der Waals surface area contributed by atoms with E-state index in [1.54, 1.807) is 12.3 Å². The Morgan fingerprint density at radius 3 is 3.23 bits per heavy atom. The van der Waals surface area contributed by atoms with Gasteiger partial charge in [-0.05, 0) is 12.1 Å². The highest BCUT2D eigenvalue weighted by molar-refractivity contribution is 5.84. The van der Waals surface area contributed by atoms with Gasteiger partial charge in [0, 0.05) is 11.6 Å². The molecule has 0 saturated carbocycles. The first-order valence-electron chi connectivity index (χ1n) is 3.83. The lowest BCUT2D eigenvalue weighted by atomic mass is 10.2. The van der Waals surface area contributed by atoms with Crippen molar-refractivity contribution in [1.82, 2.24) is 15.2 Å². The monoisotopic (exact) mass is 176 g/mol. The van der Waals surface area contributed by atoms with E-state index in [4.69, 9.17) is 5.73 Å². The van der Waals surface area contributed by atoms with Crippen LogP contribution >= 0.6 is 0 Å². The van der Waals surface area contributed by atoms with Crippen LogP contribution in [0.15, 0.2) is 18.3 Å². The Kier molecular flexibility index (Phi) is 1.70. The smallest absolute Gasteiger partial charge is 0.223 e. The summed E-state index contributed by atoms with van der Waals surface area (Å²) >= 11 is 0. The Labute approximate surface area is 74.0 Å². The van der Waals surface area contributed by atoms with Crippen molar-refractivity contribution in [3.8, 4) is 0 Å². The molecule has 0 unspecified atom stereocenters. The Balaban J connectivity index is 2.51. The quantitative estimate of drug-likeness (QED) is 0.674. The van der Waals surface area contributed by atoms with E-state index in [1.165, 1.54) is 0 Å². The summed E-state index contributed by atoms with van der Waals surface area (Å²) in [5.74, 6) is -0.380. The van der Waals surface area contributed by atoms with Crippen LogP contribution < -0.4 is 5.73 Å². The molecule has 1 amide bonds. The average Bonchev–Trinajstić information content (AvgIpc) is 2.48. The minimum absolute atomic E-state index is 0.169. The van der Waals surface area contributed by atoms with Gasteiger partial charge in [0.05, 0.1) is 12.1 Å². The Morgan fingerprint density at radius 1 is 1.62 bits per heavy atom. The van der Waals surface area contributed by atoms with Crippen molar-refractivity contribution in [2.75, 3.05) is 0 Å². The molecule has 0 aliphatic carbocycles. The lowest BCUT2D eigenvalue weighted by molar-refractivity contribution is -0.117. The van der Waals surface area contributed by atoms with Gasteiger partial charge in [-0.15, -0.1) is 0 Å². The van der Waals surface area contributed by atoms with E-state index < -0.39 is 0 Å². The molecule has 2 aromatic heterocycles. The SMILES string of the molecule is NC(=O)Cc1[nH]nc2ncccc12. The summed E-state index contributed by atoms with van der Waals surface area (Å²) in [4.78, 5) is 14.7. The van der Waals surface area contributed by atoms with Crippen LogP contribution in [-0.4, -0.2) is 21.1 Å². The summed E-state index contributed by atoms with van der Waals surface area (Å²) in [6.07, 6.45) is 1.82. The second-order valence-corrected chi connectivity index (χ2v) is 2.72. The van der Waals surface area contributed by atoms with E-state index in [0.717, 1.165) is 11.1 Å². The predicted octanol–water partition coefficient (Wildman–Crippen LogP) is -0.0143. The van der Waals surface area contributed by atoms with Crippen LogP contribution in [-0.2, 0) is 11.2 Å². The van der Waals surface area contributed by atoms with E-state index in [2.05, 4.69) is 15.2 Å². The van der Waals surface area contributed by atoms with Gasteiger partial charge in [0.2, 0.25) is 5.91 Å². The van der Waals surface area contributed by atoms with Crippen molar-refractivity contribution < 1.29 is 4.79 Å². The Hall–Kier alpha value is -1.91. The standard InChI is InChI=1S/C8H8N4O/c9-7(13)4-6-5-2-1-3-10-8(5)12-11-6/h1-3H,4H2,(H2,9,13)(H,10,11,12). The number of nitrogens with one attached hydrogen (secondary N) is 1. The van der Waals surface area contributed by atoms with E-state index in [0.29, 0.717) is 5.65 Å². The zero-order valence-electron chi connectivity index (χ0n) is 6.82. The average molecular weight is 176 g/mol. The fourth-order valence-electron chi connectivity index (χ4n) is 1.21. The fourth-order valence-corrected chi connectivity index (χ4v) is 1.21. The maximum Gasteiger partial charge on any atom is 0.223 e. The predicted molar refractivity (Wildman–Crippen MR) is 46.8 cm³/mol. The normalized spacial score (nSPS) is 10.5. The molecule has 0 bridgehead atoms. The number of nitrogens with zero attached hydrogens (tertiary/aromatic N) is 2. The Bertz CT molecular complexity index is 448. The Morgan fingerprint density at radius 2 is 2.46 bits per heavy atom. The van der Waals surface area contributed by atoms with Gasteiger partial charge in [0.1, 0.15) is 0 Å². The van der Waals surface area contributed by atoms with Crippen molar-refractivity contribution in [2.24, 2.45) is 5.73 Å². The molecule has 66 valence electrons. The van der Waals surface area contributed by atoms with Crippen LogP contribution in [0.2, 0.25) is 0 Å². The molecule has 0 spiro atoms. The van der Waals surface area contributed by atoms with Gasteiger partial charge < -0.3 is 5.73 Å². The fraction of sp³-hybridized carbons (Fsp3) is 0.125. The highest BCUT2D eigenvalue weighted by Gasteiger charge is 2.06. The third-order valence-electron chi connectivity index (χ3n) is 1.76. The summed E-state index contributed by atoms with van der Waals surface area (Å²) in [5.41, 5.74) is 6.40. The molecule has 0 aliphatic heterocycles. The minimum Gasteiger partial charge on any atom is -0.369 e. The third-order valence-corrected chi connectivity index (χ3v) is 1.76. The topological polar surface area (TPSA) is 84.7 Å². The third kappa shape index (κ3) is 1.35. The molecule has 0 fully saturated rings. The summed E-state index contributed by atoms with van der Waals surface area (Å²) in [6, 6.07) is 3.65. The molecule has 2 heterocycles. The number of aromatic nitrogens is 3. The van der Waals surface area contributed by atoms with Crippen molar-refractivity contribution >= 4 is 16.9 Å². The van der Waals surface area contributed by atoms with Crippen molar-refractivity contribution in [3.63, 3.8) is 0 Å². The van der Waals surface area contributed by atoms with Crippen LogP contribution in [0.5, 0.6) is 0 Å². The van der Waals surface area contributed by atoms with Gasteiger partial charge in [-0.25, -0.2) is 4.98 Å². The number of H-pyrrole nitrogens is 1. The van der Waals surface area contributed by atoms with E-state index in [-0.39, 0.29) is 12.3 Å². The number of hydrogen-bond acceptors (Lipinski definition) is 3. The van der Waals surface area contributed by atoms with Crippen molar-refractivity contribution in [3.05, 3.63) is 24.0 Å². The largest absolute Gasteiger partial charge is 0.369 e. The number of pyridine rings is 1. The number of rotatable bonds is 2. The maximum absolute atomic E-state index is 10.7. The van der Waals surface area contributed by atoms with Gasteiger partial charge in [0.25, 0.3) is 0 Å². The molecule has 0 aromatic carbocycles. The lowest BCUT2D eigenvalue weighted by Gasteiger charge is -1.91. The molecular weight excluding hydrogens is 168 g/mol. The van der Waals surface area contributed by atoms with Gasteiger partial charge in [-0.2, -0.15) is 5.10 Å². The second kappa shape index (κ2) is 2.85. The number of carbonyl (C=O) groups excluding carboxylic acids is 1. The second-order valence-electron chi connectivity index (χ2n) is 2.72. The summed E-state index contributed by atoms with van der Waals surface area (Å²) < 4.78 is 0. The molecule has 3 N–H and O–H groups in total. The molecule has 0 radical (unpaired) electrons. The first-order chi connectivity index (χ1) is 6.27. The van der Waals surface area contributed by atoms with Gasteiger partial charge in [0.15, 0.2) is 5.65 Å². The number of fused-ring (bicyclic) bond motifs is 1. The van der Waals surface area contributed by atoms with Gasteiger partial charge >= 0.3 is 0 Å². The molecule has 2 aromatic rings. The van der Waals surface area contributed by atoms with Crippen LogP contribution in [0.1, 0.15) is 5.69 Å². The van der Waals surface area contributed by atoms with E-state index >= 15 is 0 Å². The van der Waals surface area contributed by atoms with Crippen molar-refractivity contribution in [1.29, 1.82) is 0 Å². The zero-order valence-corrected chi connectivity index (χ0v) is 6.82. The molecule has 5 heteroatoms. The number of amides is 1. The molecular formula is C8H8N4O. The molecule has 0 aliphatic rings. The highest BCUT2D eigenvalue weighted by atomic mass is 16.1. The molecule has 0 saturated heterocycles. The van der Waals surface area contributed by atoms with Crippen LogP contribution in [0.4, 0.5) is 0 Å². The number of carbonyl (C=O) groups is 1. The first kappa shape index (κ1) is 7.72. The van der Waals surface area contributed by atoms with Crippen LogP contribution in [0.3, 0.4) is 0 Å². The zero-order chi connectivity index (χ0) is 9.26. The molecule has 13 heavy (non-hydrogen) atoms. The van der Waals surface area contributed by atoms with Gasteiger partial charge in [-0.3, -0.25) is 9.89 Å². The van der Waals surface area contributed by atoms with E-state index in [9.17, 15) is 4.79 Å². The number of primary amides is 1. The maximum atomic E-state index is 10.7. The first-order valence-corrected chi connectivity index (χ1v) is 3.83.